The van der Waals surface area contributed by atoms with Crippen LogP contribution in [-0.4, -0.2) is 86.5 Å². The van der Waals surface area contributed by atoms with Gasteiger partial charge in [0.1, 0.15) is 0 Å². The number of piperidine rings is 2. The van der Waals surface area contributed by atoms with Crippen LogP contribution in [0.3, 0.4) is 0 Å². The Bertz CT molecular complexity index is 475. The zero-order chi connectivity index (χ0) is 21.6. The van der Waals surface area contributed by atoms with Crippen molar-refractivity contribution in [2.24, 2.45) is 10.7 Å². The number of aliphatic imine (C=N–C) groups is 1. The molecule has 8 nitrogen and oxygen atoms in total. The Morgan fingerprint density at radius 2 is 1.48 bits per heavy atom. The Morgan fingerprint density at radius 1 is 1.00 bits per heavy atom. The van der Waals surface area contributed by atoms with Crippen LogP contribution in [-0.2, 0) is 9.47 Å². The standard InChI is InChI=1S/C8H16N2O.C7H15N3O.C6H11N/c1-7(9)10-5-3-8(11-2)4-6-10;1-11-6-2-4-10(5-3-6)7(8)9;1-2-6-4-3-5-7-6/h8-9H,3-6H2,1-2H3;6H,2-5H2,1H3,(H3,8,9);2-5H2,1H3. The Balaban J connectivity index is 0.000000223. The van der Waals surface area contributed by atoms with Crippen molar-refractivity contribution in [1.82, 2.24) is 9.80 Å². The zero-order valence-electron chi connectivity index (χ0n) is 18.9. The highest BCUT2D eigenvalue weighted by Gasteiger charge is 2.19. The zero-order valence-corrected chi connectivity index (χ0v) is 18.9. The van der Waals surface area contributed by atoms with Gasteiger partial charge in [-0.15, -0.1) is 0 Å². The molecule has 0 radical (unpaired) electrons. The van der Waals surface area contributed by atoms with Gasteiger partial charge in [0, 0.05) is 52.7 Å². The van der Waals surface area contributed by atoms with E-state index in [4.69, 9.17) is 26.0 Å². The Kier molecular flexibility index (Phi) is 12.5. The van der Waals surface area contributed by atoms with Crippen molar-refractivity contribution in [3.63, 3.8) is 0 Å². The number of nitrogens with one attached hydrogen (secondary N) is 2. The molecule has 0 aromatic carbocycles. The minimum absolute atomic E-state index is 0.180. The van der Waals surface area contributed by atoms with Crippen LogP contribution in [0.2, 0.25) is 0 Å². The SMILES string of the molecule is CCC1=NCCC1.COC1CCN(C(=N)N)CC1.COC1CCN(C(C)=N)CC1. The Morgan fingerprint density at radius 3 is 1.76 bits per heavy atom. The van der Waals surface area contributed by atoms with E-state index in [9.17, 15) is 0 Å². The van der Waals surface area contributed by atoms with E-state index in [0.717, 1.165) is 58.4 Å². The second kappa shape index (κ2) is 14.3. The van der Waals surface area contributed by atoms with Gasteiger partial charge in [0.15, 0.2) is 5.96 Å². The molecule has 168 valence electrons. The number of nitrogens with zero attached hydrogens (tertiary/aromatic N) is 3. The van der Waals surface area contributed by atoms with E-state index >= 15 is 0 Å². The second-order valence-electron chi connectivity index (χ2n) is 7.72. The number of amidine groups is 1. The molecule has 0 saturated carbocycles. The molecule has 3 rings (SSSR count). The summed E-state index contributed by atoms with van der Waals surface area (Å²) >= 11 is 0. The first-order chi connectivity index (χ1) is 13.9. The summed E-state index contributed by atoms with van der Waals surface area (Å²) in [5, 5.41) is 14.6. The lowest BCUT2D eigenvalue weighted by Gasteiger charge is -2.31. The smallest absolute Gasteiger partial charge is 0.188 e. The van der Waals surface area contributed by atoms with Crippen LogP contribution in [0, 0.1) is 10.8 Å². The van der Waals surface area contributed by atoms with Gasteiger partial charge < -0.3 is 25.0 Å². The van der Waals surface area contributed by atoms with Gasteiger partial charge in [-0.2, -0.15) is 0 Å². The molecular weight excluding hydrogens is 368 g/mol. The van der Waals surface area contributed by atoms with Crippen molar-refractivity contribution in [2.45, 2.75) is 71.0 Å². The predicted molar refractivity (Wildman–Crippen MR) is 120 cm³/mol. The van der Waals surface area contributed by atoms with Gasteiger partial charge in [-0.05, 0) is 51.9 Å². The third-order valence-corrected chi connectivity index (χ3v) is 5.73. The number of rotatable bonds is 3. The number of methoxy groups -OCH3 is 2. The van der Waals surface area contributed by atoms with Crippen LogP contribution in [0.25, 0.3) is 0 Å². The Hall–Kier alpha value is -1.67. The van der Waals surface area contributed by atoms with Crippen LogP contribution in [0.4, 0.5) is 0 Å². The van der Waals surface area contributed by atoms with Crippen molar-refractivity contribution in [1.29, 1.82) is 10.8 Å². The van der Waals surface area contributed by atoms with Crippen molar-refractivity contribution in [3.05, 3.63) is 0 Å². The fourth-order valence-electron chi connectivity index (χ4n) is 3.65. The summed E-state index contributed by atoms with van der Waals surface area (Å²) in [6.07, 6.45) is 8.60. The normalized spacial score (nSPS) is 20.2. The van der Waals surface area contributed by atoms with Gasteiger partial charge in [0.05, 0.1) is 18.0 Å². The van der Waals surface area contributed by atoms with Crippen LogP contribution in [0.15, 0.2) is 4.99 Å². The van der Waals surface area contributed by atoms with E-state index in [2.05, 4.69) is 16.8 Å². The van der Waals surface area contributed by atoms with Crippen molar-refractivity contribution in [2.75, 3.05) is 46.9 Å². The Labute approximate surface area is 176 Å². The number of likely N-dealkylation sites (tertiary alicyclic amines) is 2. The average molecular weight is 411 g/mol. The molecule has 0 aromatic heterocycles. The molecule has 3 aliphatic rings. The third-order valence-electron chi connectivity index (χ3n) is 5.73. The highest BCUT2D eigenvalue weighted by Crippen LogP contribution is 2.13. The van der Waals surface area contributed by atoms with E-state index in [-0.39, 0.29) is 5.96 Å². The lowest BCUT2D eigenvalue weighted by Crippen LogP contribution is -2.43. The first-order valence-electron chi connectivity index (χ1n) is 10.9. The molecule has 0 bridgehead atoms. The minimum atomic E-state index is 0.180. The summed E-state index contributed by atoms with van der Waals surface area (Å²) < 4.78 is 10.4. The molecule has 3 heterocycles. The van der Waals surface area contributed by atoms with Crippen LogP contribution in [0.1, 0.15) is 58.8 Å². The average Bonchev–Trinajstić information content (AvgIpc) is 3.29. The summed E-state index contributed by atoms with van der Waals surface area (Å²) in [7, 11) is 3.49. The highest BCUT2D eigenvalue weighted by molar-refractivity contribution is 5.85. The highest BCUT2D eigenvalue weighted by atomic mass is 16.5. The molecular formula is C21H42N6O2. The number of ether oxygens (including phenoxy) is 2. The molecule has 3 aliphatic heterocycles. The fourth-order valence-corrected chi connectivity index (χ4v) is 3.65. The predicted octanol–water partition coefficient (Wildman–Crippen LogP) is 2.72. The lowest BCUT2D eigenvalue weighted by molar-refractivity contribution is 0.0574. The van der Waals surface area contributed by atoms with E-state index < -0.39 is 0 Å². The van der Waals surface area contributed by atoms with Crippen molar-refractivity contribution in [3.8, 4) is 0 Å². The number of hydrogen-bond donors (Lipinski definition) is 3. The monoisotopic (exact) mass is 410 g/mol. The molecule has 0 unspecified atom stereocenters. The summed E-state index contributed by atoms with van der Waals surface area (Å²) in [6, 6.07) is 0. The molecule has 0 aromatic rings. The van der Waals surface area contributed by atoms with Crippen LogP contribution >= 0.6 is 0 Å². The fraction of sp³-hybridized carbons (Fsp3) is 0.857. The summed E-state index contributed by atoms with van der Waals surface area (Å²) in [4.78, 5) is 8.23. The number of guanidine groups is 1. The molecule has 29 heavy (non-hydrogen) atoms. The summed E-state index contributed by atoms with van der Waals surface area (Å²) in [6.45, 7) is 8.77. The minimum Gasteiger partial charge on any atom is -0.381 e. The number of hydrogen-bond acceptors (Lipinski definition) is 5. The largest absolute Gasteiger partial charge is 0.381 e. The van der Waals surface area contributed by atoms with Gasteiger partial charge in [0.25, 0.3) is 0 Å². The molecule has 2 fully saturated rings. The first-order valence-corrected chi connectivity index (χ1v) is 10.9. The van der Waals surface area contributed by atoms with E-state index in [1.807, 2.05) is 11.8 Å². The molecule has 0 aliphatic carbocycles. The van der Waals surface area contributed by atoms with E-state index in [0.29, 0.717) is 18.0 Å². The first kappa shape index (κ1) is 25.4. The number of nitrogens with two attached hydrogens (primary N) is 1. The quantitative estimate of drug-likeness (QED) is 0.489. The second-order valence-corrected chi connectivity index (χ2v) is 7.72. The molecule has 0 atom stereocenters. The van der Waals surface area contributed by atoms with Gasteiger partial charge >= 0.3 is 0 Å². The maximum Gasteiger partial charge on any atom is 0.188 e. The molecule has 8 heteroatoms. The maximum absolute atomic E-state index is 7.40. The summed E-state index contributed by atoms with van der Waals surface area (Å²) in [5.74, 6) is 0.860. The third kappa shape index (κ3) is 10.1. The van der Waals surface area contributed by atoms with Crippen molar-refractivity contribution < 1.29 is 9.47 Å². The molecule has 2 saturated heterocycles. The topological polar surface area (TPSA) is 111 Å². The molecule has 0 spiro atoms. The van der Waals surface area contributed by atoms with Crippen LogP contribution < -0.4 is 5.73 Å². The van der Waals surface area contributed by atoms with Gasteiger partial charge in [0.2, 0.25) is 0 Å². The summed E-state index contributed by atoms with van der Waals surface area (Å²) in [5.41, 5.74) is 6.74. The lowest BCUT2D eigenvalue weighted by atomic mass is 10.1. The van der Waals surface area contributed by atoms with Crippen LogP contribution in [0.5, 0.6) is 0 Å². The van der Waals surface area contributed by atoms with E-state index in [1.165, 1.54) is 25.0 Å². The van der Waals surface area contributed by atoms with E-state index in [1.54, 1.807) is 14.2 Å². The maximum atomic E-state index is 7.40. The molecule has 4 N–H and O–H groups in total. The van der Waals surface area contributed by atoms with Crippen molar-refractivity contribution >= 4 is 17.5 Å². The molecule has 0 amide bonds. The van der Waals surface area contributed by atoms with Gasteiger partial charge in [-0.25, -0.2) is 0 Å². The van der Waals surface area contributed by atoms with Gasteiger partial charge in [-0.3, -0.25) is 15.8 Å². The van der Waals surface area contributed by atoms with Gasteiger partial charge in [-0.1, -0.05) is 6.92 Å².